The predicted octanol–water partition coefficient (Wildman–Crippen LogP) is 3.07. The molecule has 1 heterocycles. The van der Waals surface area contributed by atoms with Crippen molar-refractivity contribution in [3.05, 3.63) is 83.2 Å². The Hall–Kier alpha value is -4.45. The SMILES string of the molecule is CNC(=O)NCCNC(=O)c1ccc(-c2ccccc2C#N)nc1NCCc1cccc(F)c1. The third-order valence-electron chi connectivity index (χ3n) is 4.98. The molecular formula is C25H25FN6O2. The highest BCUT2D eigenvalue weighted by atomic mass is 19.1. The second-order valence-corrected chi connectivity index (χ2v) is 7.32. The fraction of sp³-hybridized carbons (Fsp3) is 0.200. The van der Waals surface area contributed by atoms with Gasteiger partial charge in [0.05, 0.1) is 22.9 Å². The molecule has 3 amide bonds. The molecule has 0 aliphatic rings. The van der Waals surface area contributed by atoms with Gasteiger partial charge in [-0.2, -0.15) is 5.26 Å². The second kappa shape index (κ2) is 12.0. The van der Waals surface area contributed by atoms with Crippen LogP contribution in [0.3, 0.4) is 0 Å². The summed E-state index contributed by atoms with van der Waals surface area (Å²) in [6, 6.07) is 18.5. The first kappa shape index (κ1) is 24.2. The molecule has 174 valence electrons. The zero-order valence-corrected chi connectivity index (χ0v) is 18.7. The molecule has 0 aliphatic heterocycles. The highest BCUT2D eigenvalue weighted by Crippen LogP contribution is 2.25. The van der Waals surface area contributed by atoms with Crippen LogP contribution in [0.15, 0.2) is 60.7 Å². The van der Waals surface area contributed by atoms with Gasteiger partial charge in [-0.25, -0.2) is 14.2 Å². The van der Waals surface area contributed by atoms with Crippen LogP contribution in [0.25, 0.3) is 11.3 Å². The van der Waals surface area contributed by atoms with Gasteiger partial charge in [0.1, 0.15) is 11.6 Å². The molecule has 0 fully saturated rings. The summed E-state index contributed by atoms with van der Waals surface area (Å²) in [7, 11) is 1.51. The number of aromatic nitrogens is 1. The van der Waals surface area contributed by atoms with E-state index in [0.717, 1.165) is 5.56 Å². The first-order valence-corrected chi connectivity index (χ1v) is 10.7. The second-order valence-electron chi connectivity index (χ2n) is 7.32. The molecular weight excluding hydrogens is 435 g/mol. The molecule has 4 N–H and O–H groups in total. The summed E-state index contributed by atoms with van der Waals surface area (Å²) in [5.74, 6) is -0.325. The normalized spacial score (nSPS) is 10.1. The lowest BCUT2D eigenvalue weighted by atomic mass is 10.0. The van der Waals surface area contributed by atoms with Crippen LogP contribution in [0.1, 0.15) is 21.5 Å². The third kappa shape index (κ3) is 6.53. The van der Waals surface area contributed by atoms with Crippen LogP contribution in [0.4, 0.5) is 15.0 Å². The fourth-order valence-electron chi connectivity index (χ4n) is 3.28. The Morgan fingerprint density at radius 3 is 2.56 bits per heavy atom. The molecule has 0 saturated heterocycles. The largest absolute Gasteiger partial charge is 0.369 e. The van der Waals surface area contributed by atoms with Crippen molar-refractivity contribution >= 4 is 17.8 Å². The van der Waals surface area contributed by atoms with Crippen molar-refractivity contribution in [2.75, 3.05) is 32.0 Å². The van der Waals surface area contributed by atoms with E-state index in [1.807, 2.05) is 12.1 Å². The van der Waals surface area contributed by atoms with Crippen molar-refractivity contribution in [1.82, 2.24) is 20.9 Å². The van der Waals surface area contributed by atoms with Gasteiger partial charge in [-0.3, -0.25) is 4.79 Å². The standard InChI is InChI=1S/C25H25FN6O2/c1-28-25(34)31-14-13-30-24(33)21-9-10-22(20-8-3-2-6-18(20)16-27)32-23(21)29-12-11-17-5-4-7-19(26)15-17/h2-10,15H,11-14H2,1H3,(H,29,32)(H,30,33)(H2,28,31,34). The first-order chi connectivity index (χ1) is 16.5. The van der Waals surface area contributed by atoms with Crippen LogP contribution < -0.4 is 21.3 Å². The Kier molecular flexibility index (Phi) is 8.52. The van der Waals surface area contributed by atoms with Crippen LogP contribution in [0.2, 0.25) is 0 Å². The molecule has 3 rings (SSSR count). The molecule has 2 aromatic carbocycles. The zero-order chi connectivity index (χ0) is 24.3. The Morgan fingerprint density at radius 2 is 1.79 bits per heavy atom. The van der Waals surface area contributed by atoms with Crippen LogP contribution in [-0.4, -0.2) is 43.6 Å². The lowest BCUT2D eigenvalue weighted by Gasteiger charge is -2.14. The van der Waals surface area contributed by atoms with Crippen LogP contribution in [-0.2, 0) is 6.42 Å². The number of carbonyl (C=O) groups excluding carboxylic acids is 2. The van der Waals surface area contributed by atoms with E-state index in [-0.39, 0.29) is 30.8 Å². The number of urea groups is 1. The number of nitrogens with zero attached hydrogens (tertiary/aromatic N) is 2. The van der Waals surface area contributed by atoms with Gasteiger partial charge in [0, 0.05) is 32.2 Å². The molecule has 0 saturated carbocycles. The van der Waals surface area contributed by atoms with Gasteiger partial charge in [-0.1, -0.05) is 30.3 Å². The molecule has 0 radical (unpaired) electrons. The van der Waals surface area contributed by atoms with Gasteiger partial charge in [-0.15, -0.1) is 0 Å². The Bertz CT molecular complexity index is 1210. The molecule has 0 spiro atoms. The highest BCUT2D eigenvalue weighted by Gasteiger charge is 2.15. The van der Waals surface area contributed by atoms with Crippen LogP contribution in [0.5, 0.6) is 0 Å². The van der Waals surface area contributed by atoms with Gasteiger partial charge < -0.3 is 21.3 Å². The van der Waals surface area contributed by atoms with E-state index in [9.17, 15) is 19.2 Å². The molecule has 3 aromatic rings. The summed E-state index contributed by atoms with van der Waals surface area (Å²) in [6.45, 7) is 0.904. The third-order valence-corrected chi connectivity index (χ3v) is 4.98. The van der Waals surface area contributed by atoms with E-state index in [1.54, 1.807) is 36.4 Å². The minimum Gasteiger partial charge on any atom is -0.369 e. The maximum atomic E-state index is 13.5. The van der Waals surface area contributed by atoms with E-state index in [4.69, 9.17) is 0 Å². The zero-order valence-electron chi connectivity index (χ0n) is 18.7. The molecule has 34 heavy (non-hydrogen) atoms. The number of nitriles is 1. The Morgan fingerprint density at radius 1 is 1.00 bits per heavy atom. The van der Waals surface area contributed by atoms with E-state index < -0.39 is 0 Å². The van der Waals surface area contributed by atoms with Crippen molar-refractivity contribution in [3.8, 4) is 17.3 Å². The number of halogens is 1. The highest BCUT2D eigenvalue weighted by molar-refractivity contribution is 5.99. The Labute approximate surface area is 197 Å². The number of hydrogen-bond acceptors (Lipinski definition) is 5. The lowest BCUT2D eigenvalue weighted by molar-refractivity contribution is 0.0954. The van der Waals surface area contributed by atoms with E-state index in [2.05, 4.69) is 32.3 Å². The van der Waals surface area contributed by atoms with Crippen molar-refractivity contribution < 1.29 is 14.0 Å². The van der Waals surface area contributed by atoms with Crippen molar-refractivity contribution in [2.24, 2.45) is 0 Å². The van der Waals surface area contributed by atoms with Gasteiger partial charge in [0.2, 0.25) is 0 Å². The minimum atomic E-state index is -0.361. The fourth-order valence-corrected chi connectivity index (χ4v) is 3.28. The Balaban J connectivity index is 1.79. The average molecular weight is 461 g/mol. The maximum absolute atomic E-state index is 13.5. The minimum absolute atomic E-state index is 0.230. The number of hydrogen-bond donors (Lipinski definition) is 4. The number of amides is 3. The number of rotatable bonds is 9. The van der Waals surface area contributed by atoms with Gasteiger partial charge in [-0.05, 0) is 42.3 Å². The lowest BCUT2D eigenvalue weighted by Crippen LogP contribution is -2.38. The summed E-state index contributed by atoms with van der Waals surface area (Å²) in [6.07, 6.45) is 0.523. The van der Waals surface area contributed by atoms with Crippen molar-refractivity contribution in [2.45, 2.75) is 6.42 Å². The molecule has 0 aliphatic carbocycles. The molecule has 1 aromatic heterocycles. The molecule has 0 bridgehead atoms. The van der Waals surface area contributed by atoms with Crippen LogP contribution in [0, 0.1) is 17.1 Å². The van der Waals surface area contributed by atoms with Crippen LogP contribution >= 0.6 is 0 Å². The van der Waals surface area contributed by atoms with Gasteiger partial charge in [0.25, 0.3) is 5.91 Å². The summed E-state index contributed by atoms with van der Waals surface area (Å²) in [4.78, 5) is 28.7. The predicted molar refractivity (Wildman–Crippen MR) is 128 cm³/mol. The van der Waals surface area contributed by atoms with Gasteiger partial charge in [0.15, 0.2) is 0 Å². The topological polar surface area (TPSA) is 119 Å². The smallest absolute Gasteiger partial charge is 0.314 e. The monoisotopic (exact) mass is 460 g/mol. The molecule has 0 atom stereocenters. The summed E-state index contributed by atoms with van der Waals surface area (Å²) >= 11 is 0. The quantitative estimate of drug-likeness (QED) is 0.366. The number of carbonyl (C=O) groups is 2. The maximum Gasteiger partial charge on any atom is 0.314 e. The molecule has 8 nitrogen and oxygen atoms in total. The number of nitrogens with one attached hydrogen (secondary N) is 4. The van der Waals surface area contributed by atoms with E-state index in [1.165, 1.54) is 19.2 Å². The van der Waals surface area contributed by atoms with Crippen molar-refractivity contribution in [3.63, 3.8) is 0 Å². The van der Waals surface area contributed by atoms with E-state index in [0.29, 0.717) is 41.2 Å². The molecule has 9 heteroatoms. The van der Waals surface area contributed by atoms with Crippen molar-refractivity contribution in [1.29, 1.82) is 5.26 Å². The summed E-state index contributed by atoms with van der Waals surface area (Å²) in [5, 5.41) is 20.4. The first-order valence-electron chi connectivity index (χ1n) is 10.7. The summed E-state index contributed by atoms with van der Waals surface area (Å²) < 4.78 is 13.5. The average Bonchev–Trinajstić information content (AvgIpc) is 2.86. The number of pyridine rings is 1. The number of benzene rings is 2. The molecule has 0 unspecified atom stereocenters. The number of anilines is 1. The van der Waals surface area contributed by atoms with E-state index >= 15 is 0 Å². The van der Waals surface area contributed by atoms with Gasteiger partial charge >= 0.3 is 6.03 Å². The summed E-state index contributed by atoms with van der Waals surface area (Å²) in [5.41, 5.74) is 2.79.